The molecule has 0 bridgehead atoms. The highest BCUT2D eigenvalue weighted by Gasteiger charge is 2.32. The van der Waals surface area contributed by atoms with E-state index in [4.69, 9.17) is 0 Å². The number of aromatic nitrogens is 3. The van der Waals surface area contributed by atoms with Gasteiger partial charge in [0.15, 0.2) is 5.82 Å². The Hall–Kier alpha value is -3.56. The van der Waals surface area contributed by atoms with Crippen LogP contribution in [0.15, 0.2) is 84.1 Å². The number of hydrogen-bond acceptors (Lipinski definition) is 5. The number of amides is 1. The molecular weight excluding hydrogens is 438 g/mol. The summed E-state index contributed by atoms with van der Waals surface area (Å²) in [6, 6.07) is 18.2. The number of fused-ring (bicyclic) bond motifs is 1. The van der Waals surface area contributed by atoms with E-state index in [1.807, 2.05) is 36.4 Å². The van der Waals surface area contributed by atoms with Crippen molar-refractivity contribution in [3.05, 3.63) is 79.3 Å². The van der Waals surface area contributed by atoms with Crippen LogP contribution < -0.4 is 5.32 Å². The summed E-state index contributed by atoms with van der Waals surface area (Å²) in [5.74, 6) is 0.287. The standard InChI is InChI=1S/C24H23N5O3S/c30-24(27-21-7-9-23(25-17-21)29-13-3-12-26-29)19-10-14-28(15-11-19)33(31,32)22-8-6-18-4-1-2-5-20(18)16-22/h1-9,12-13,16-17,19H,10-11,14-15H2,(H,27,30). The van der Waals surface area contributed by atoms with E-state index in [9.17, 15) is 13.2 Å². The maximum Gasteiger partial charge on any atom is 0.243 e. The molecule has 9 heteroatoms. The highest BCUT2D eigenvalue weighted by atomic mass is 32.2. The lowest BCUT2D eigenvalue weighted by Gasteiger charge is -2.30. The van der Waals surface area contributed by atoms with E-state index in [0.717, 1.165) is 10.8 Å². The molecule has 8 nitrogen and oxygen atoms in total. The van der Waals surface area contributed by atoms with Crippen molar-refractivity contribution in [2.45, 2.75) is 17.7 Å². The van der Waals surface area contributed by atoms with Gasteiger partial charge in [0.25, 0.3) is 0 Å². The third-order valence-corrected chi connectivity index (χ3v) is 7.83. The molecule has 0 atom stereocenters. The van der Waals surface area contributed by atoms with Crippen LogP contribution in [0, 0.1) is 5.92 Å². The molecule has 1 aliphatic rings. The summed E-state index contributed by atoms with van der Waals surface area (Å²) in [7, 11) is -3.60. The van der Waals surface area contributed by atoms with Crippen LogP contribution in [0.2, 0.25) is 0 Å². The van der Waals surface area contributed by atoms with Gasteiger partial charge >= 0.3 is 0 Å². The van der Waals surface area contributed by atoms with Gasteiger partial charge in [0.05, 0.1) is 16.8 Å². The van der Waals surface area contributed by atoms with Crippen LogP contribution in [0.25, 0.3) is 16.6 Å². The molecule has 5 rings (SSSR count). The number of pyridine rings is 1. The summed E-state index contributed by atoms with van der Waals surface area (Å²) in [6.07, 6.45) is 5.99. The topological polar surface area (TPSA) is 97.2 Å². The minimum absolute atomic E-state index is 0.119. The Morgan fingerprint density at radius 3 is 2.45 bits per heavy atom. The first-order chi connectivity index (χ1) is 16.0. The zero-order chi connectivity index (χ0) is 22.8. The van der Waals surface area contributed by atoms with Crippen molar-refractivity contribution in [3.63, 3.8) is 0 Å². The van der Waals surface area contributed by atoms with Gasteiger partial charge in [-0.25, -0.2) is 18.1 Å². The molecule has 4 aromatic rings. The number of piperidine rings is 1. The first-order valence-corrected chi connectivity index (χ1v) is 12.2. The minimum Gasteiger partial charge on any atom is -0.324 e. The van der Waals surface area contributed by atoms with Crippen LogP contribution in [0.4, 0.5) is 5.69 Å². The Morgan fingerprint density at radius 1 is 0.970 bits per heavy atom. The second-order valence-corrected chi connectivity index (χ2v) is 9.97. The molecule has 0 unspecified atom stereocenters. The number of anilines is 1. The minimum atomic E-state index is -3.60. The maximum absolute atomic E-state index is 13.1. The summed E-state index contributed by atoms with van der Waals surface area (Å²) < 4.78 is 29.4. The van der Waals surface area contributed by atoms with Crippen LogP contribution in [-0.2, 0) is 14.8 Å². The number of carbonyl (C=O) groups excluding carboxylic acids is 1. The Kier molecular flexibility index (Phi) is 5.65. The fraction of sp³-hybridized carbons (Fsp3) is 0.208. The lowest BCUT2D eigenvalue weighted by atomic mass is 9.97. The second kappa shape index (κ2) is 8.76. The first-order valence-electron chi connectivity index (χ1n) is 10.8. The summed E-state index contributed by atoms with van der Waals surface area (Å²) in [5, 5.41) is 8.91. The van der Waals surface area contributed by atoms with E-state index in [-0.39, 0.29) is 16.7 Å². The van der Waals surface area contributed by atoms with Crippen molar-refractivity contribution >= 4 is 32.4 Å². The van der Waals surface area contributed by atoms with Crippen molar-refractivity contribution in [2.75, 3.05) is 18.4 Å². The Labute approximate surface area is 191 Å². The Morgan fingerprint density at radius 2 is 1.76 bits per heavy atom. The predicted molar refractivity (Wildman–Crippen MR) is 125 cm³/mol. The summed E-state index contributed by atoms with van der Waals surface area (Å²) in [6.45, 7) is 0.619. The van der Waals surface area contributed by atoms with Gasteiger partial charge in [0, 0.05) is 31.4 Å². The lowest BCUT2D eigenvalue weighted by molar-refractivity contribution is -0.120. The van der Waals surface area contributed by atoms with E-state index in [0.29, 0.717) is 37.4 Å². The summed E-state index contributed by atoms with van der Waals surface area (Å²) >= 11 is 0. The molecule has 0 spiro atoms. The van der Waals surface area contributed by atoms with Crippen LogP contribution in [-0.4, -0.2) is 46.5 Å². The summed E-state index contributed by atoms with van der Waals surface area (Å²) in [5.41, 5.74) is 0.599. The monoisotopic (exact) mass is 461 g/mol. The van der Waals surface area contributed by atoms with Crippen LogP contribution in [0.3, 0.4) is 0 Å². The maximum atomic E-state index is 13.1. The normalized spacial score (nSPS) is 15.5. The number of sulfonamides is 1. The van der Waals surface area contributed by atoms with Gasteiger partial charge in [-0.3, -0.25) is 4.79 Å². The largest absolute Gasteiger partial charge is 0.324 e. The smallest absolute Gasteiger partial charge is 0.243 e. The van der Waals surface area contributed by atoms with E-state index in [1.165, 1.54) is 4.31 Å². The summed E-state index contributed by atoms with van der Waals surface area (Å²) in [4.78, 5) is 17.3. The van der Waals surface area contributed by atoms with Crippen molar-refractivity contribution in [3.8, 4) is 5.82 Å². The van der Waals surface area contributed by atoms with Crippen molar-refractivity contribution in [1.82, 2.24) is 19.1 Å². The fourth-order valence-corrected chi connectivity index (χ4v) is 5.59. The van der Waals surface area contributed by atoms with Gasteiger partial charge in [-0.1, -0.05) is 30.3 Å². The molecule has 0 saturated carbocycles. The van der Waals surface area contributed by atoms with E-state index < -0.39 is 10.0 Å². The van der Waals surface area contributed by atoms with E-state index in [1.54, 1.807) is 47.5 Å². The average molecular weight is 462 g/mol. The van der Waals surface area contributed by atoms with Gasteiger partial charge in [-0.05, 0) is 53.9 Å². The van der Waals surface area contributed by atoms with Gasteiger partial charge in [-0.15, -0.1) is 0 Å². The SMILES string of the molecule is O=C(Nc1ccc(-n2cccn2)nc1)C1CCN(S(=O)(=O)c2ccc3ccccc3c2)CC1. The molecule has 1 amide bonds. The number of rotatable bonds is 5. The molecule has 1 fully saturated rings. The lowest BCUT2D eigenvalue weighted by Crippen LogP contribution is -2.41. The predicted octanol–water partition coefficient (Wildman–Crippen LogP) is 3.46. The highest BCUT2D eigenvalue weighted by molar-refractivity contribution is 7.89. The van der Waals surface area contributed by atoms with Crippen molar-refractivity contribution in [2.24, 2.45) is 5.92 Å². The van der Waals surface area contributed by atoms with Crippen LogP contribution in [0.5, 0.6) is 0 Å². The first kappa shape index (κ1) is 21.3. The van der Waals surface area contributed by atoms with Crippen LogP contribution in [0.1, 0.15) is 12.8 Å². The third-order valence-electron chi connectivity index (χ3n) is 5.94. The second-order valence-electron chi connectivity index (χ2n) is 8.03. The molecule has 2 aromatic heterocycles. The van der Waals surface area contributed by atoms with E-state index >= 15 is 0 Å². The zero-order valence-corrected chi connectivity index (χ0v) is 18.6. The van der Waals surface area contributed by atoms with Crippen molar-refractivity contribution in [1.29, 1.82) is 0 Å². The molecule has 33 heavy (non-hydrogen) atoms. The number of benzene rings is 2. The van der Waals surface area contributed by atoms with Gasteiger partial charge in [0.2, 0.25) is 15.9 Å². The number of nitrogens with zero attached hydrogens (tertiary/aromatic N) is 4. The highest BCUT2D eigenvalue weighted by Crippen LogP contribution is 2.27. The Balaban J connectivity index is 1.21. The fourth-order valence-electron chi connectivity index (χ4n) is 4.08. The quantitative estimate of drug-likeness (QED) is 0.491. The van der Waals surface area contributed by atoms with E-state index in [2.05, 4.69) is 15.4 Å². The molecule has 0 aliphatic carbocycles. The van der Waals surface area contributed by atoms with Gasteiger partial charge in [0.1, 0.15) is 0 Å². The molecule has 1 saturated heterocycles. The molecule has 1 N–H and O–H groups in total. The van der Waals surface area contributed by atoms with Crippen LogP contribution >= 0.6 is 0 Å². The number of carbonyl (C=O) groups is 1. The molecule has 0 radical (unpaired) electrons. The number of hydrogen-bond donors (Lipinski definition) is 1. The molecule has 3 heterocycles. The van der Waals surface area contributed by atoms with Gasteiger partial charge < -0.3 is 5.32 Å². The molecular formula is C24H23N5O3S. The van der Waals surface area contributed by atoms with Crippen molar-refractivity contribution < 1.29 is 13.2 Å². The Bertz CT molecular complexity index is 1380. The third kappa shape index (κ3) is 4.37. The molecule has 1 aliphatic heterocycles. The zero-order valence-electron chi connectivity index (χ0n) is 17.8. The average Bonchev–Trinajstić information content (AvgIpc) is 3.39. The molecule has 2 aromatic carbocycles. The number of nitrogens with one attached hydrogen (secondary N) is 1. The van der Waals surface area contributed by atoms with Gasteiger partial charge in [-0.2, -0.15) is 9.40 Å². The molecule has 168 valence electrons.